The average molecular weight is 691 g/mol. The second-order valence-corrected chi connectivity index (χ2v) is 13.6. The molecule has 0 N–H and O–H groups in total. The van der Waals surface area contributed by atoms with E-state index in [9.17, 15) is 0 Å². The highest BCUT2D eigenvalue weighted by molar-refractivity contribution is 6.12. The third-order valence-electron chi connectivity index (χ3n) is 10.3. The Labute approximate surface area is 314 Å². The van der Waals surface area contributed by atoms with Gasteiger partial charge in [-0.3, -0.25) is 0 Å². The first-order valence-corrected chi connectivity index (χ1v) is 18.3. The van der Waals surface area contributed by atoms with Gasteiger partial charge in [-0.15, -0.1) is 0 Å². The average Bonchev–Trinajstić information content (AvgIpc) is 3.70. The van der Waals surface area contributed by atoms with Crippen molar-refractivity contribution in [1.29, 1.82) is 0 Å². The molecule has 0 amide bonds. The van der Waals surface area contributed by atoms with E-state index >= 15 is 0 Å². The summed E-state index contributed by atoms with van der Waals surface area (Å²) in [5, 5.41) is 4.53. The summed E-state index contributed by atoms with van der Waals surface area (Å²) in [6.07, 6.45) is 0. The molecule has 0 spiro atoms. The van der Waals surface area contributed by atoms with Gasteiger partial charge in [0.05, 0.1) is 0 Å². The minimum Gasteiger partial charge on any atom is -0.435 e. The molecule has 3 heteroatoms. The molecule has 0 atom stereocenters. The van der Waals surface area contributed by atoms with E-state index in [0.29, 0.717) is 5.89 Å². The number of oxazole rings is 1. The Hall–Kier alpha value is -7.23. The molecule has 0 aliphatic carbocycles. The molecule has 3 nitrogen and oxygen atoms in total. The maximum atomic E-state index is 6.49. The number of aromatic nitrogens is 1. The van der Waals surface area contributed by atoms with E-state index in [4.69, 9.17) is 9.40 Å². The number of nitrogens with zero attached hydrogens (tertiary/aromatic N) is 2. The fraction of sp³-hybridized carbons (Fsp3) is 0. The SMILES string of the molecule is c1ccc(-c2ccc(N(c3ccc(-c4ccccc4)cc3)c3ccc4cc(-c5cccc6ccc7nc(-c8ccccc8)oc7c56)ccc4c3)cc2)cc1. The Morgan fingerprint density at radius 3 is 1.48 bits per heavy atom. The molecule has 0 aliphatic heterocycles. The molecular weight excluding hydrogens is 657 g/mol. The third kappa shape index (κ3) is 5.78. The van der Waals surface area contributed by atoms with Crippen LogP contribution in [0.25, 0.3) is 77.5 Å². The highest BCUT2D eigenvalue weighted by atomic mass is 16.3. The van der Waals surface area contributed by atoms with Gasteiger partial charge in [-0.05, 0) is 110 Å². The van der Waals surface area contributed by atoms with E-state index in [0.717, 1.165) is 55.6 Å². The van der Waals surface area contributed by atoms with Crippen LogP contribution in [0.4, 0.5) is 17.1 Å². The normalized spacial score (nSPS) is 11.3. The van der Waals surface area contributed by atoms with Crippen LogP contribution in [0.3, 0.4) is 0 Å². The maximum absolute atomic E-state index is 6.49. The zero-order valence-corrected chi connectivity index (χ0v) is 29.4. The lowest BCUT2D eigenvalue weighted by Crippen LogP contribution is -2.09. The highest BCUT2D eigenvalue weighted by Gasteiger charge is 2.17. The van der Waals surface area contributed by atoms with Crippen LogP contribution in [-0.4, -0.2) is 4.98 Å². The van der Waals surface area contributed by atoms with Gasteiger partial charge in [0.1, 0.15) is 5.52 Å². The number of hydrogen-bond donors (Lipinski definition) is 0. The van der Waals surface area contributed by atoms with Crippen molar-refractivity contribution in [3.05, 3.63) is 206 Å². The molecule has 0 saturated heterocycles. The minimum atomic E-state index is 0.632. The fourth-order valence-corrected chi connectivity index (χ4v) is 7.55. The molecule has 0 radical (unpaired) electrons. The van der Waals surface area contributed by atoms with Gasteiger partial charge in [-0.25, -0.2) is 4.98 Å². The van der Waals surface area contributed by atoms with Crippen molar-refractivity contribution in [3.63, 3.8) is 0 Å². The summed E-state index contributed by atoms with van der Waals surface area (Å²) < 4.78 is 6.49. The summed E-state index contributed by atoms with van der Waals surface area (Å²) in [6.45, 7) is 0. The first kappa shape index (κ1) is 31.5. The molecule has 10 aromatic rings. The van der Waals surface area contributed by atoms with Gasteiger partial charge in [0.25, 0.3) is 0 Å². The molecule has 254 valence electrons. The van der Waals surface area contributed by atoms with Gasteiger partial charge in [0.2, 0.25) is 5.89 Å². The smallest absolute Gasteiger partial charge is 0.227 e. The van der Waals surface area contributed by atoms with Gasteiger partial charge >= 0.3 is 0 Å². The zero-order valence-electron chi connectivity index (χ0n) is 29.4. The third-order valence-corrected chi connectivity index (χ3v) is 10.3. The second kappa shape index (κ2) is 13.4. The van der Waals surface area contributed by atoms with Crippen molar-refractivity contribution >= 4 is 49.7 Å². The number of rotatable bonds is 7. The Bertz CT molecular complexity index is 2820. The largest absolute Gasteiger partial charge is 0.435 e. The second-order valence-electron chi connectivity index (χ2n) is 13.6. The lowest BCUT2D eigenvalue weighted by atomic mass is 9.95. The predicted octanol–water partition coefficient (Wildman–Crippen LogP) is 14.3. The van der Waals surface area contributed by atoms with E-state index < -0.39 is 0 Å². The van der Waals surface area contributed by atoms with E-state index in [2.05, 4.69) is 181 Å². The minimum absolute atomic E-state index is 0.632. The molecule has 0 bridgehead atoms. The van der Waals surface area contributed by atoms with Crippen LogP contribution < -0.4 is 4.90 Å². The Morgan fingerprint density at radius 1 is 0.352 bits per heavy atom. The molecule has 1 heterocycles. The zero-order chi connectivity index (χ0) is 35.8. The molecule has 10 rings (SSSR count). The maximum Gasteiger partial charge on any atom is 0.227 e. The molecule has 0 fully saturated rings. The molecular formula is C51H34N2O. The fourth-order valence-electron chi connectivity index (χ4n) is 7.55. The lowest BCUT2D eigenvalue weighted by molar-refractivity contribution is 0.623. The summed E-state index contributed by atoms with van der Waals surface area (Å²) in [4.78, 5) is 7.20. The topological polar surface area (TPSA) is 29.3 Å². The first-order chi connectivity index (χ1) is 26.7. The quantitative estimate of drug-likeness (QED) is 0.167. The van der Waals surface area contributed by atoms with Gasteiger partial charge in [0.15, 0.2) is 5.58 Å². The van der Waals surface area contributed by atoms with Crippen LogP contribution in [0.15, 0.2) is 211 Å². The molecule has 9 aromatic carbocycles. The number of hydrogen-bond acceptors (Lipinski definition) is 3. The predicted molar refractivity (Wildman–Crippen MR) is 225 cm³/mol. The monoisotopic (exact) mass is 690 g/mol. The van der Waals surface area contributed by atoms with Crippen molar-refractivity contribution in [2.45, 2.75) is 0 Å². The van der Waals surface area contributed by atoms with Crippen molar-refractivity contribution < 1.29 is 4.42 Å². The lowest BCUT2D eigenvalue weighted by Gasteiger charge is -2.26. The summed E-state index contributed by atoms with van der Waals surface area (Å²) in [5.74, 6) is 0.632. The van der Waals surface area contributed by atoms with Gasteiger partial charge in [-0.1, -0.05) is 146 Å². The summed E-state index contributed by atoms with van der Waals surface area (Å²) in [7, 11) is 0. The molecule has 54 heavy (non-hydrogen) atoms. The number of fused-ring (bicyclic) bond motifs is 4. The van der Waals surface area contributed by atoms with Gasteiger partial charge in [0, 0.05) is 28.0 Å². The number of anilines is 3. The van der Waals surface area contributed by atoms with Crippen LogP contribution in [0.2, 0.25) is 0 Å². The number of benzene rings is 9. The van der Waals surface area contributed by atoms with E-state index in [1.807, 2.05) is 30.3 Å². The summed E-state index contributed by atoms with van der Waals surface area (Å²) in [5.41, 5.74) is 13.0. The molecule has 1 aromatic heterocycles. The Kier molecular flexibility index (Phi) is 7.81. The highest BCUT2D eigenvalue weighted by Crippen LogP contribution is 2.40. The molecule has 0 unspecified atom stereocenters. The Balaban J connectivity index is 1.05. The molecule has 0 aliphatic rings. The van der Waals surface area contributed by atoms with Crippen LogP contribution in [0.5, 0.6) is 0 Å². The van der Waals surface area contributed by atoms with E-state index in [-0.39, 0.29) is 0 Å². The van der Waals surface area contributed by atoms with Crippen molar-refractivity contribution in [2.75, 3.05) is 4.90 Å². The van der Waals surface area contributed by atoms with E-state index in [1.165, 1.54) is 33.0 Å². The Morgan fingerprint density at radius 2 is 0.852 bits per heavy atom. The standard InChI is InChI=1S/C51H34N2O/c1-4-11-35(12-5-1)37-21-27-44(28-22-37)53(45-29-23-38(24-30-45)36-13-6-2-7-14-36)46-31-25-41-33-43(20-19-42(41)34-46)47-18-10-17-39-26-32-48-50(49(39)47)54-51(52-48)40-15-8-3-9-16-40/h1-34H. The summed E-state index contributed by atoms with van der Waals surface area (Å²) in [6, 6.07) is 73.0. The van der Waals surface area contributed by atoms with Crippen molar-refractivity contribution in [2.24, 2.45) is 0 Å². The van der Waals surface area contributed by atoms with Crippen LogP contribution in [0.1, 0.15) is 0 Å². The van der Waals surface area contributed by atoms with E-state index in [1.54, 1.807) is 0 Å². The van der Waals surface area contributed by atoms with Gasteiger partial charge < -0.3 is 9.32 Å². The van der Waals surface area contributed by atoms with Crippen LogP contribution in [0, 0.1) is 0 Å². The van der Waals surface area contributed by atoms with Gasteiger partial charge in [-0.2, -0.15) is 0 Å². The summed E-state index contributed by atoms with van der Waals surface area (Å²) >= 11 is 0. The van der Waals surface area contributed by atoms with Crippen LogP contribution in [-0.2, 0) is 0 Å². The van der Waals surface area contributed by atoms with Crippen molar-refractivity contribution in [3.8, 4) is 44.8 Å². The van der Waals surface area contributed by atoms with Crippen molar-refractivity contribution in [1.82, 2.24) is 4.98 Å². The van der Waals surface area contributed by atoms with Crippen LogP contribution >= 0.6 is 0 Å². The first-order valence-electron chi connectivity index (χ1n) is 18.3. The molecule has 0 saturated carbocycles.